The predicted octanol–water partition coefficient (Wildman–Crippen LogP) is 1.49. The predicted molar refractivity (Wildman–Crippen MR) is 78.8 cm³/mol. The van der Waals surface area contributed by atoms with E-state index in [1.807, 2.05) is 4.90 Å². The minimum absolute atomic E-state index is 0.0538. The first-order valence-corrected chi connectivity index (χ1v) is 7.07. The Balaban J connectivity index is 1.68. The van der Waals surface area contributed by atoms with Crippen LogP contribution >= 0.6 is 11.6 Å². The van der Waals surface area contributed by atoms with Gasteiger partial charge in [0.1, 0.15) is 0 Å². The molecular weight excluding hydrogens is 278 g/mol. The smallest absolute Gasteiger partial charge is 0.238 e. The summed E-state index contributed by atoms with van der Waals surface area (Å²) in [4.78, 5) is 25.3. The first-order chi connectivity index (χ1) is 9.65. The summed E-state index contributed by atoms with van der Waals surface area (Å²) in [6.07, 6.45) is 2.14. The van der Waals surface area contributed by atoms with E-state index in [9.17, 15) is 9.59 Å². The number of hydrogen-bond acceptors (Lipinski definition) is 3. The molecule has 1 saturated heterocycles. The van der Waals surface area contributed by atoms with Crippen molar-refractivity contribution in [1.82, 2.24) is 10.2 Å². The zero-order chi connectivity index (χ0) is 14.4. The van der Waals surface area contributed by atoms with Crippen LogP contribution in [0.3, 0.4) is 0 Å². The molecule has 0 unspecified atom stereocenters. The first-order valence-electron chi connectivity index (χ1n) is 6.69. The molecule has 0 saturated carbocycles. The van der Waals surface area contributed by atoms with Gasteiger partial charge in [-0.1, -0.05) is 17.7 Å². The zero-order valence-electron chi connectivity index (χ0n) is 11.2. The number of nitrogens with zero attached hydrogens (tertiary/aromatic N) is 1. The van der Waals surface area contributed by atoms with Crippen LogP contribution in [0, 0.1) is 0 Å². The molecule has 2 N–H and O–H groups in total. The molecule has 1 aliphatic rings. The van der Waals surface area contributed by atoms with E-state index < -0.39 is 0 Å². The number of carbonyl (C=O) groups is 2. The molecule has 20 heavy (non-hydrogen) atoms. The van der Waals surface area contributed by atoms with Crippen molar-refractivity contribution in [2.24, 2.45) is 0 Å². The van der Waals surface area contributed by atoms with Gasteiger partial charge in [0.25, 0.3) is 0 Å². The number of anilines is 1. The second-order valence-corrected chi connectivity index (χ2v) is 5.19. The Morgan fingerprint density at radius 2 is 1.95 bits per heavy atom. The lowest BCUT2D eigenvalue weighted by Crippen LogP contribution is -2.39. The summed E-state index contributed by atoms with van der Waals surface area (Å²) < 4.78 is 0. The average molecular weight is 296 g/mol. The fourth-order valence-electron chi connectivity index (χ4n) is 2.13. The van der Waals surface area contributed by atoms with Crippen LogP contribution in [0.1, 0.15) is 12.8 Å². The third-order valence-electron chi connectivity index (χ3n) is 3.13. The molecule has 1 heterocycles. The van der Waals surface area contributed by atoms with Crippen molar-refractivity contribution in [2.75, 3.05) is 31.5 Å². The van der Waals surface area contributed by atoms with Gasteiger partial charge in [-0.25, -0.2) is 0 Å². The molecular formula is C14H18ClN3O2. The third-order valence-corrected chi connectivity index (χ3v) is 3.36. The third kappa shape index (κ3) is 4.51. The molecule has 1 fully saturated rings. The lowest BCUT2D eigenvalue weighted by molar-refractivity contribution is -0.129. The van der Waals surface area contributed by atoms with Crippen LogP contribution in [0.15, 0.2) is 24.3 Å². The Kier molecular flexibility index (Phi) is 5.38. The second kappa shape index (κ2) is 7.26. The molecule has 2 amide bonds. The van der Waals surface area contributed by atoms with Gasteiger partial charge in [-0.3, -0.25) is 14.9 Å². The van der Waals surface area contributed by atoms with Gasteiger partial charge < -0.3 is 10.2 Å². The van der Waals surface area contributed by atoms with E-state index in [4.69, 9.17) is 11.6 Å². The van der Waals surface area contributed by atoms with E-state index in [1.165, 1.54) is 0 Å². The normalized spacial score (nSPS) is 14.3. The molecule has 0 spiro atoms. The Hall–Kier alpha value is -1.59. The highest BCUT2D eigenvalue weighted by molar-refractivity contribution is 6.30. The van der Waals surface area contributed by atoms with Gasteiger partial charge in [0.05, 0.1) is 13.1 Å². The maximum atomic E-state index is 11.7. The largest absolute Gasteiger partial charge is 0.342 e. The van der Waals surface area contributed by atoms with E-state index in [-0.39, 0.29) is 24.9 Å². The average Bonchev–Trinajstić information content (AvgIpc) is 2.92. The van der Waals surface area contributed by atoms with Gasteiger partial charge in [0.15, 0.2) is 0 Å². The van der Waals surface area contributed by atoms with E-state index in [1.54, 1.807) is 24.3 Å². The van der Waals surface area contributed by atoms with Crippen LogP contribution in [0.4, 0.5) is 5.69 Å². The Bertz CT molecular complexity index is 487. The molecule has 0 aromatic heterocycles. The fourth-order valence-corrected chi connectivity index (χ4v) is 2.32. The topological polar surface area (TPSA) is 61.4 Å². The van der Waals surface area contributed by atoms with Gasteiger partial charge in [-0.2, -0.15) is 0 Å². The summed E-state index contributed by atoms with van der Waals surface area (Å²) in [6, 6.07) is 6.94. The highest BCUT2D eigenvalue weighted by atomic mass is 35.5. The molecule has 6 heteroatoms. The van der Waals surface area contributed by atoms with Crippen LogP contribution in [0.25, 0.3) is 0 Å². The highest BCUT2D eigenvalue weighted by Crippen LogP contribution is 2.14. The van der Waals surface area contributed by atoms with Crippen LogP contribution in [0.2, 0.25) is 5.02 Å². The maximum Gasteiger partial charge on any atom is 0.238 e. The van der Waals surface area contributed by atoms with Crippen molar-refractivity contribution < 1.29 is 9.59 Å². The van der Waals surface area contributed by atoms with E-state index in [2.05, 4.69) is 10.6 Å². The summed E-state index contributed by atoms with van der Waals surface area (Å²) in [5, 5.41) is 6.15. The summed E-state index contributed by atoms with van der Waals surface area (Å²) in [6.45, 7) is 1.96. The van der Waals surface area contributed by atoms with E-state index in [0.717, 1.165) is 25.9 Å². The SMILES string of the molecule is O=C(CNCC(=O)N1CCCC1)Nc1cccc(Cl)c1. The molecule has 1 aromatic carbocycles. The molecule has 5 nitrogen and oxygen atoms in total. The zero-order valence-corrected chi connectivity index (χ0v) is 11.9. The summed E-state index contributed by atoms with van der Waals surface area (Å²) in [5.74, 6) is -0.139. The first kappa shape index (κ1) is 14.8. The Morgan fingerprint density at radius 1 is 1.20 bits per heavy atom. The molecule has 1 aliphatic heterocycles. The van der Waals surface area contributed by atoms with Gasteiger partial charge >= 0.3 is 0 Å². The second-order valence-electron chi connectivity index (χ2n) is 4.75. The van der Waals surface area contributed by atoms with Gasteiger partial charge in [0.2, 0.25) is 11.8 Å². The molecule has 0 atom stereocenters. The number of hydrogen-bond donors (Lipinski definition) is 2. The molecule has 0 bridgehead atoms. The van der Waals surface area contributed by atoms with E-state index >= 15 is 0 Å². The molecule has 0 aliphatic carbocycles. The number of carbonyl (C=O) groups excluding carboxylic acids is 2. The van der Waals surface area contributed by atoms with Crippen LogP contribution in [0.5, 0.6) is 0 Å². The monoisotopic (exact) mass is 295 g/mol. The van der Waals surface area contributed by atoms with Gasteiger partial charge in [-0.05, 0) is 31.0 Å². The quantitative estimate of drug-likeness (QED) is 0.865. The van der Waals surface area contributed by atoms with Crippen LogP contribution in [-0.2, 0) is 9.59 Å². The number of halogens is 1. The van der Waals surface area contributed by atoms with E-state index in [0.29, 0.717) is 10.7 Å². The van der Waals surface area contributed by atoms with Crippen LogP contribution < -0.4 is 10.6 Å². The Labute approximate surface area is 123 Å². The summed E-state index contributed by atoms with van der Waals surface area (Å²) in [7, 11) is 0. The maximum absolute atomic E-state index is 11.7. The lowest BCUT2D eigenvalue weighted by atomic mass is 10.3. The minimum Gasteiger partial charge on any atom is -0.342 e. The standard InChI is InChI=1S/C14H18ClN3O2/c15-11-4-3-5-12(8-11)17-13(19)9-16-10-14(20)18-6-1-2-7-18/h3-5,8,16H,1-2,6-7,9-10H2,(H,17,19). The van der Waals surface area contributed by atoms with Crippen molar-refractivity contribution in [3.8, 4) is 0 Å². The van der Waals surface area contributed by atoms with Crippen molar-refractivity contribution in [1.29, 1.82) is 0 Å². The molecule has 0 radical (unpaired) electrons. The number of nitrogens with one attached hydrogen (secondary N) is 2. The van der Waals surface area contributed by atoms with Crippen molar-refractivity contribution in [3.05, 3.63) is 29.3 Å². The lowest BCUT2D eigenvalue weighted by Gasteiger charge is -2.15. The van der Waals surface area contributed by atoms with Crippen molar-refractivity contribution in [3.63, 3.8) is 0 Å². The number of likely N-dealkylation sites (tertiary alicyclic amines) is 1. The van der Waals surface area contributed by atoms with Crippen molar-refractivity contribution in [2.45, 2.75) is 12.8 Å². The fraction of sp³-hybridized carbons (Fsp3) is 0.429. The number of benzene rings is 1. The van der Waals surface area contributed by atoms with Crippen LogP contribution in [-0.4, -0.2) is 42.9 Å². The number of rotatable bonds is 5. The minimum atomic E-state index is -0.193. The van der Waals surface area contributed by atoms with Crippen molar-refractivity contribution >= 4 is 29.1 Å². The highest BCUT2D eigenvalue weighted by Gasteiger charge is 2.17. The number of amides is 2. The summed E-state index contributed by atoms with van der Waals surface area (Å²) >= 11 is 5.83. The Morgan fingerprint density at radius 3 is 2.65 bits per heavy atom. The molecule has 108 valence electrons. The molecule has 1 aromatic rings. The van der Waals surface area contributed by atoms with Gasteiger partial charge in [0, 0.05) is 23.8 Å². The van der Waals surface area contributed by atoms with Gasteiger partial charge in [-0.15, -0.1) is 0 Å². The summed E-state index contributed by atoms with van der Waals surface area (Å²) in [5.41, 5.74) is 0.648. The molecule has 2 rings (SSSR count).